The molecule has 0 aliphatic heterocycles. The van der Waals surface area contributed by atoms with E-state index in [1.54, 1.807) is 30.3 Å². The van der Waals surface area contributed by atoms with Gasteiger partial charge in [-0.1, -0.05) is 36.4 Å². The lowest BCUT2D eigenvalue weighted by atomic mass is 10.2. The summed E-state index contributed by atoms with van der Waals surface area (Å²) in [5.41, 5.74) is 0.605. The van der Waals surface area contributed by atoms with Crippen LogP contribution in [0.4, 0.5) is 13.2 Å². The number of ether oxygens (including phenoxy) is 1. The Morgan fingerprint density at radius 1 is 1.29 bits per heavy atom. The van der Waals surface area contributed by atoms with E-state index in [1.807, 2.05) is 0 Å². The van der Waals surface area contributed by atoms with E-state index in [4.69, 9.17) is 0 Å². The Bertz CT molecular complexity index is 396. The van der Waals surface area contributed by atoms with Gasteiger partial charge in [0, 0.05) is 6.92 Å². The summed E-state index contributed by atoms with van der Waals surface area (Å²) in [4.78, 5) is 10.6. The van der Waals surface area contributed by atoms with Gasteiger partial charge >= 0.3 is 12.1 Å². The van der Waals surface area contributed by atoms with Crippen molar-refractivity contribution in [2.45, 2.75) is 19.2 Å². The monoisotopic (exact) mass is 244 g/mol. The third-order valence-electron chi connectivity index (χ3n) is 1.88. The van der Waals surface area contributed by atoms with Crippen molar-refractivity contribution < 1.29 is 22.7 Å². The molecule has 0 aromatic heterocycles. The predicted molar refractivity (Wildman–Crippen MR) is 57.1 cm³/mol. The second-order valence-corrected chi connectivity index (χ2v) is 3.34. The van der Waals surface area contributed by atoms with Crippen LogP contribution < -0.4 is 0 Å². The molecule has 0 radical (unpaired) electrons. The van der Waals surface area contributed by atoms with Crippen LogP contribution in [0.2, 0.25) is 0 Å². The SMILES string of the molecule is CC(=O)O[C@@H](/C=C\c1ccccc1)C(F)(F)F. The molecule has 1 atom stereocenters. The van der Waals surface area contributed by atoms with Crippen LogP contribution in [-0.4, -0.2) is 18.2 Å². The van der Waals surface area contributed by atoms with Crippen LogP contribution in [0.5, 0.6) is 0 Å². The molecule has 17 heavy (non-hydrogen) atoms. The first-order valence-corrected chi connectivity index (χ1v) is 4.87. The summed E-state index contributed by atoms with van der Waals surface area (Å²) in [5.74, 6) is -0.968. The van der Waals surface area contributed by atoms with Crippen molar-refractivity contribution in [3.05, 3.63) is 42.0 Å². The molecule has 0 aliphatic rings. The molecule has 0 saturated heterocycles. The Kier molecular flexibility index (Phi) is 4.31. The highest BCUT2D eigenvalue weighted by Crippen LogP contribution is 2.24. The summed E-state index contributed by atoms with van der Waals surface area (Å²) in [7, 11) is 0. The lowest BCUT2D eigenvalue weighted by Crippen LogP contribution is -2.31. The maximum atomic E-state index is 12.5. The van der Waals surface area contributed by atoms with Crippen LogP contribution in [0.3, 0.4) is 0 Å². The standard InChI is InChI=1S/C12H11F3O2/c1-9(16)17-11(12(13,14)15)8-7-10-5-3-2-4-6-10/h2-8,11H,1H3/b8-7-/t11-/m0/s1. The molecule has 0 unspecified atom stereocenters. The van der Waals surface area contributed by atoms with Crippen LogP contribution in [0.1, 0.15) is 12.5 Å². The van der Waals surface area contributed by atoms with Crippen molar-refractivity contribution >= 4 is 12.0 Å². The smallest absolute Gasteiger partial charge is 0.429 e. The van der Waals surface area contributed by atoms with Gasteiger partial charge in [0.15, 0.2) is 0 Å². The number of halogens is 3. The van der Waals surface area contributed by atoms with E-state index in [9.17, 15) is 18.0 Å². The van der Waals surface area contributed by atoms with Gasteiger partial charge in [-0.25, -0.2) is 0 Å². The zero-order chi connectivity index (χ0) is 12.9. The molecule has 92 valence electrons. The summed E-state index contributed by atoms with van der Waals surface area (Å²) in [6.45, 7) is 0.940. The van der Waals surface area contributed by atoms with Gasteiger partial charge in [0.25, 0.3) is 0 Å². The van der Waals surface area contributed by atoms with E-state index in [2.05, 4.69) is 4.74 Å². The fourth-order valence-electron chi connectivity index (χ4n) is 1.16. The van der Waals surface area contributed by atoms with Gasteiger partial charge in [-0.05, 0) is 11.6 Å². The van der Waals surface area contributed by atoms with Crippen LogP contribution >= 0.6 is 0 Å². The van der Waals surface area contributed by atoms with Gasteiger partial charge in [0.1, 0.15) is 0 Å². The molecule has 0 N–H and O–H groups in total. The summed E-state index contributed by atoms with van der Waals surface area (Å²) in [6.07, 6.45) is -4.73. The molecule has 0 saturated carbocycles. The first kappa shape index (κ1) is 13.3. The van der Waals surface area contributed by atoms with Crippen molar-refractivity contribution in [1.29, 1.82) is 0 Å². The summed E-state index contributed by atoms with van der Waals surface area (Å²) in [5, 5.41) is 0. The molecule has 0 amide bonds. The van der Waals surface area contributed by atoms with Gasteiger partial charge in [-0.15, -0.1) is 0 Å². The maximum Gasteiger partial charge on any atom is 0.429 e. The second kappa shape index (κ2) is 5.52. The van der Waals surface area contributed by atoms with Gasteiger partial charge in [-0.3, -0.25) is 4.79 Å². The Morgan fingerprint density at radius 2 is 1.88 bits per heavy atom. The van der Waals surface area contributed by atoms with E-state index in [1.165, 1.54) is 6.08 Å². The zero-order valence-corrected chi connectivity index (χ0v) is 9.07. The first-order chi connectivity index (χ1) is 7.89. The fourth-order valence-corrected chi connectivity index (χ4v) is 1.16. The first-order valence-electron chi connectivity index (χ1n) is 4.87. The Balaban J connectivity index is 2.80. The zero-order valence-electron chi connectivity index (χ0n) is 9.07. The topological polar surface area (TPSA) is 26.3 Å². The Hall–Kier alpha value is -1.78. The highest BCUT2D eigenvalue weighted by Gasteiger charge is 2.40. The van der Waals surface area contributed by atoms with E-state index >= 15 is 0 Å². The average molecular weight is 244 g/mol. The molecule has 1 aromatic rings. The largest absolute Gasteiger partial charge is 0.449 e. The van der Waals surface area contributed by atoms with Crippen molar-refractivity contribution in [2.24, 2.45) is 0 Å². The van der Waals surface area contributed by atoms with Crippen LogP contribution in [0, 0.1) is 0 Å². The molecule has 0 bridgehead atoms. The lowest BCUT2D eigenvalue weighted by Gasteiger charge is -2.16. The molecular weight excluding hydrogens is 233 g/mol. The van der Waals surface area contributed by atoms with Gasteiger partial charge in [0.2, 0.25) is 6.10 Å². The number of benzene rings is 1. The van der Waals surface area contributed by atoms with Crippen molar-refractivity contribution in [2.75, 3.05) is 0 Å². The number of carbonyl (C=O) groups excluding carboxylic acids is 1. The van der Waals surface area contributed by atoms with Gasteiger partial charge in [-0.2, -0.15) is 13.2 Å². The third kappa shape index (κ3) is 4.72. The highest BCUT2D eigenvalue weighted by molar-refractivity contribution is 5.66. The molecule has 1 rings (SSSR count). The summed E-state index contributed by atoms with van der Waals surface area (Å²) >= 11 is 0. The minimum absolute atomic E-state index is 0.605. The third-order valence-corrected chi connectivity index (χ3v) is 1.88. The molecular formula is C12H11F3O2. The van der Waals surface area contributed by atoms with Gasteiger partial charge in [0.05, 0.1) is 0 Å². The number of esters is 1. The number of hydrogen-bond acceptors (Lipinski definition) is 2. The Labute approximate surface area is 96.7 Å². The minimum atomic E-state index is -4.60. The second-order valence-electron chi connectivity index (χ2n) is 3.34. The number of alkyl halides is 3. The van der Waals surface area contributed by atoms with Crippen molar-refractivity contribution in [1.82, 2.24) is 0 Å². The van der Waals surface area contributed by atoms with Gasteiger partial charge < -0.3 is 4.74 Å². The van der Waals surface area contributed by atoms with E-state index in [0.717, 1.165) is 13.0 Å². The molecule has 5 heteroatoms. The average Bonchev–Trinajstić information content (AvgIpc) is 2.23. The fraction of sp³-hybridized carbons (Fsp3) is 0.250. The quantitative estimate of drug-likeness (QED) is 0.763. The summed E-state index contributed by atoms with van der Waals surface area (Å²) in [6, 6.07) is 8.46. The van der Waals surface area contributed by atoms with E-state index < -0.39 is 18.2 Å². The molecule has 0 heterocycles. The van der Waals surface area contributed by atoms with Crippen LogP contribution in [0.25, 0.3) is 6.08 Å². The van der Waals surface area contributed by atoms with Crippen molar-refractivity contribution in [3.63, 3.8) is 0 Å². The normalized spacial score (nSPS) is 13.6. The molecule has 0 fully saturated rings. The number of hydrogen-bond donors (Lipinski definition) is 0. The summed E-state index contributed by atoms with van der Waals surface area (Å²) < 4.78 is 41.5. The van der Waals surface area contributed by atoms with Crippen LogP contribution in [-0.2, 0) is 9.53 Å². The molecule has 2 nitrogen and oxygen atoms in total. The highest BCUT2D eigenvalue weighted by atomic mass is 19.4. The van der Waals surface area contributed by atoms with E-state index in [0.29, 0.717) is 5.56 Å². The minimum Gasteiger partial charge on any atom is -0.449 e. The molecule has 0 aliphatic carbocycles. The molecule has 0 spiro atoms. The van der Waals surface area contributed by atoms with Crippen molar-refractivity contribution in [3.8, 4) is 0 Å². The van der Waals surface area contributed by atoms with E-state index in [-0.39, 0.29) is 0 Å². The Morgan fingerprint density at radius 3 is 2.35 bits per heavy atom. The predicted octanol–water partition coefficient (Wildman–Crippen LogP) is 3.19. The maximum absolute atomic E-state index is 12.5. The lowest BCUT2D eigenvalue weighted by molar-refractivity contribution is -0.206. The number of carbonyl (C=O) groups is 1. The number of rotatable bonds is 3. The molecule has 1 aromatic carbocycles. The van der Waals surface area contributed by atoms with Crippen LogP contribution in [0.15, 0.2) is 36.4 Å².